The minimum absolute atomic E-state index is 0.00876. The van der Waals surface area contributed by atoms with E-state index in [-0.39, 0.29) is 36.3 Å². The summed E-state index contributed by atoms with van der Waals surface area (Å²) >= 11 is 0. The molecule has 1 saturated heterocycles. The topological polar surface area (TPSA) is 55.8 Å². The van der Waals surface area contributed by atoms with Crippen LogP contribution in [0.3, 0.4) is 0 Å². The van der Waals surface area contributed by atoms with Gasteiger partial charge in [0.05, 0.1) is 12.2 Å². The van der Waals surface area contributed by atoms with Crippen LogP contribution in [0.15, 0.2) is 48.5 Å². The molecule has 1 amide bonds. The second-order valence-corrected chi connectivity index (χ2v) is 6.71. The summed E-state index contributed by atoms with van der Waals surface area (Å²) in [5.41, 5.74) is 0.881. The fourth-order valence-electron chi connectivity index (χ4n) is 3.09. The smallest absolute Gasteiger partial charge is 0.260 e. The van der Waals surface area contributed by atoms with Gasteiger partial charge < -0.3 is 14.4 Å². The lowest BCUT2D eigenvalue weighted by molar-refractivity contribution is -0.145. The largest absolute Gasteiger partial charge is 0.484 e. The Kier molecular flexibility index (Phi) is 5.86. The summed E-state index contributed by atoms with van der Waals surface area (Å²) < 4.78 is 24.1. The molecule has 0 radical (unpaired) electrons. The molecule has 1 fully saturated rings. The number of nitrogens with zero attached hydrogens (tertiary/aromatic N) is 1. The van der Waals surface area contributed by atoms with Crippen LogP contribution in [0.1, 0.15) is 29.8 Å². The van der Waals surface area contributed by atoms with Gasteiger partial charge in [-0.2, -0.15) is 0 Å². The number of amides is 1. The second-order valence-electron chi connectivity index (χ2n) is 6.71. The van der Waals surface area contributed by atoms with Crippen molar-refractivity contribution in [1.82, 2.24) is 4.90 Å². The van der Waals surface area contributed by atoms with Crippen molar-refractivity contribution < 1.29 is 23.5 Å². The van der Waals surface area contributed by atoms with Crippen LogP contribution in [0.25, 0.3) is 0 Å². The van der Waals surface area contributed by atoms with Crippen LogP contribution in [0, 0.1) is 5.82 Å². The Balaban J connectivity index is 1.57. The van der Waals surface area contributed by atoms with Crippen LogP contribution in [0.2, 0.25) is 0 Å². The van der Waals surface area contributed by atoms with Crippen LogP contribution in [-0.2, 0) is 9.53 Å². The maximum atomic E-state index is 13.0. The molecule has 1 aliphatic heterocycles. The van der Waals surface area contributed by atoms with E-state index in [1.165, 1.54) is 24.3 Å². The summed E-state index contributed by atoms with van der Waals surface area (Å²) in [6.07, 6.45) is 0.0175. The Labute approximate surface area is 157 Å². The summed E-state index contributed by atoms with van der Waals surface area (Å²) in [6, 6.07) is 12.0. The van der Waals surface area contributed by atoms with E-state index in [4.69, 9.17) is 9.47 Å². The van der Waals surface area contributed by atoms with Gasteiger partial charge in [-0.3, -0.25) is 9.59 Å². The summed E-state index contributed by atoms with van der Waals surface area (Å²) in [7, 11) is 0. The summed E-state index contributed by atoms with van der Waals surface area (Å²) in [4.78, 5) is 26.4. The van der Waals surface area contributed by atoms with Crippen molar-refractivity contribution in [2.45, 2.75) is 26.1 Å². The molecule has 1 heterocycles. The zero-order valence-electron chi connectivity index (χ0n) is 15.4. The van der Waals surface area contributed by atoms with Crippen molar-refractivity contribution in [3.8, 4) is 5.75 Å². The first-order valence-corrected chi connectivity index (χ1v) is 8.88. The number of ether oxygens (including phenoxy) is 2. The molecule has 2 atom stereocenters. The van der Waals surface area contributed by atoms with E-state index in [1.54, 1.807) is 29.2 Å². The van der Waals surface area contributed by atoms with Crippen molar-refractivity contribution in [2.75, 3.05) is 19.7 Å². The SMILES string of the molecule is C[C@@H]1CN(C(=O)COc2ccc(C(=O)c3ccc(F)cc3)cc2)C[C@@H](C)O1. The molecule has 2 aromatic rings. The quantitative estimate of drug-likeness (QED) is 0.758. The van der Waals surface area contributed by atoms with E-state index >= 15 is 0 Å². The van der Waals surface area contributed by atoms with Gasteiger partial charge in [-0.15, -0.1) is 0 Å². The van der Waals surface area contributed by atoms with E-state index in [0.717, 1.165) is 0 Å². The number of rotatable bonds is 5. The lowest BCUT2D eigenvalue weighted by Gasteiger charge is -2.35. The first kappa shape index (κ1) is 19.0. The predicted octanol–water partition coefficient (Wildman–Crippen LogP) is 3.07. The van der Waals surface area contributed by atoms with E-state index in [0.29, 0.717) is 30.0 Å². The highest BCUT2D eigenvalue weighted by Crippen LogP contribution is 2.17. The molecule has 3 rings (SSSR count). The highest BCUT2D eigenvalue weighted by atomic mass is 19.1. The third-order valence-corrected chi connectivity index (χ3v) is 4.36. The fourth-order valence-corrected chi connectivity index (χ4v) is 3.09. The minimum Gasteiger partial charge on any atom is -0.484 e. The Morgan fingerprint density at radius 3 is 2.07 bits per heavy atom. The molecule has 0 saturated carbocycles. The Bertz CT molecular complexity index is 794. The lowest BCUT2D eigenvalue weighted by Crippen LogP contribution is -2.49. The van der Waals surface area contributed by atoms with Gasteiger partial charge in [0.25, 0.3) is 5.91 Å². The molecule has 0 unspecified atom stereocenters. The molecule has 1 aliphatic rings. The molecule has 5 nitrogen and oxygen atoms in total. The highest BCUT2D eigenvalue weighted by molar-refractivity contribution is 6.09. The van der Waals surface area contributed by atoms with Gasteiger partial charge in [0.1, 0.15) is 11.6 Å². The third-order valence-electron chi connectivity index (χ3n) is 4.36. The molecular formula is C21H22FNO4. The Morgan fingerprint density at radius 1 is 1.00 bits per heavy atom. The van der Waals surface area contributed by atoms with Crippen molar-refractivity contribution in [3.63, 3.8) is 0 Å². The first-order valence-electron chi connectivity index (χ1n) is 8.88. The van der Waals surface area contributed by atoms with Gasteiger partial charge in [-0.1, -0.05) is 0 Å². The zero-order valence-corrected chi connectivity index (χ0v) is 15.4. The fraction of sp³-hybridized carbons (Fsp3) is 0.333. The van der Waals surface area contributed by atoms with Crippen molar-refractivity contribution in [3.05, 3.63) is 65.5 Å². The lowest BCUT2D eigenvalue weighted by atomic mass is 10.0. The molecule has 0 aliphatic carbocycles. The van der Waals surface area contributed by atoms with Gasteiger partial charge in [0.2, 0.25) is 0 Å². The summed E-state index contributed by atoms with van der Waals surface area (Å²) in [6.45, 7) is 4.92. The number of morpholine rings is 1. The van der Waals surface area contributed by atoms with Crippen molar-refractivity contribution in [2.24, 2.45) is 0 Å². The molecule has 2 aromatic carbocycles. The van der Waals surface area contributed by atoms with Crippen LogP contribution in [0.4, 0.5) is 4.39 Å². The first-order chi connectivity index (χ1) is 12.9. The average Bonchev–Trinajstić information content (AvgIpc) is 2.66. The van der Waals surface area contributed by atoms with Gasteiger partial charge in [-0.05, 0) is 62.4 Å². The normalized spacial score (nSPS) is 19.6. The molecule has 142 valence electrons. The molecule has 0 bridgehead atoms. The summed E-state index contributed by atoms with van der Waals surface area (Å²) in [5, 5.41) is 0. The third kappa shape index (κ3) is 4.92. The number of carbonyl (C=O) groups is 2. The molecular weight excluding hydrogens is 349 g/mol. The molecule has 0 spiro atoms. The number of carbonyl (C=O) groups excluding carboxylic acids is 2. The molecule has 0 aromatic heterocycles. The average molecular weight is 371 g/mol. The van der Waals surface area contributed by atoms with Crippen LogP contribution in [-0.4, -0.2) is 48.5 Å². The number of hydrogen-bond acceptors (Lipinski definition) is 4. The number of ketones is 1. The standard InChI is InChI=1S/C21H22FNO4/c1-14-11-23(12-15(2)27-14)20(24)13-26-19-9-5-17(6-10-19)21(25)16-3-7-18(22)8-4-16/h3-10,14-15H,11-13H2,1-2H3/t14-,15-/m1/s1. The van der Waals surface area contributed by atoms with Gasteiger partial charge >= 0.3 is 0 Å². The van der Waals surface area contributed by atoms with Gasteiger partial charge in [-0.25, -0.2) is 4.39 Å². The van der Waals surface area contributed by atoms with Crippen LogP contribution < -0.4 is 4.74 Å². The van der Waals surface area contributed by atoms with Crippen LogP contribution in [0.5, 0.6) is 5.75 Å². The van der Waals surface area contributed by atoms with E-state index < -0.39 is 0 Å². The Hall–Kier alpha value is -2.73. The number of benzene rings is 2. The molecule has 27 heavy (non-hydrogen) atoms. The van der Waals surface area contributed by atoms with Crippen LogP contribution >= 0.6 is 0 Å². The van der Waals surface area contributed by atoms with Gasteiger partial charge in [0, 0.05) is 24.2 Å². The molecule has 6 heteroatoms. The van der Waals surface area contributed by atoms with E-state index in [1.807, 2.05) is 13.8 Å². The maximum Gasteiger partial charge on any atom is 0.260 e. The maximum absolute atomic E-state index is 13.0. The Morgan fingerprint density at radius 2 is 1.52 bits per heavy atom. The number of hydrogen-bond donors (Lipinski definition) is 0. The van der Waals surface area contributed by atoms with Crippen molar-refractivity contribution in [1.29, 1.82) is 0 Å². The molecule has 0 N–H and O–H groups in total. The second kappa shape index (κ2) is 8.31. The van der Waals surface area contributed by atoms with E-state index in [2.05, 4.69) is 0 Å². The monoisotopic (exact) mass is 371 g/mol. The zero-order chi connectivity index (χ0) is 19.4. The minimum atomic E-state index is -0.385. The summed E-state index contributed by atoms with van der Waals surface area (Å²) in [5.74, 6) is -0.172. The van der Waals surface area contributed by atoms with Crippen molar-refractivity contribution >= 4 is 11.7 Å². The van der Waals surface area contributed by atoms with E-state index in [9.17, 15) is 14.0 Å². The highest BCUT2D eigenvalue weighted by Gasteiger charge is 2.26. The predicted molar refractivity (Wildman–Crippen MR) is 98.4 cm³/mol. The van der Waals surface area contributed by atoms with Gasteiger partial charge in [0.15, 0.2) is 12.4 Å². The number of halogens is 1.